The number of amides is 2. The van der Waals surface area contributed by atoms with Crippen molar-refractivity contribution in [2.75, 3.05) is 10.6 Å². The number of halogens is 1. The highest BCUT2D eigenvalue weighted by Gasteiger charge is 2.15. The maximum absolute atomic E-state index is 13.0. The fourth-order valence-corrected chi connectivity index (χ4v) is 2.21. The normalized spacial score (nSPS) is 13.3. The fraction of sp³-hybridized carbons (Fsp3) is 0.133. The third kappa shape index (κ3) is 2.89. The Bertz CT molecular complexity index is 731. The Morgan fingerprint density at radius 2 is 2.10 bits per heavy atom. The standard InChI is InChI=1S/C15H12FN3O2/c16-13-8-10(5-6-17-13)15(21)18-11-2-3-12-9(7-11)1-4-14(20)19-12/h2-3,5-8H,1,4H2,(H,18,21)(H,19,20). The average Bonchev–Trinajstić information content (AvgIpc) is 2.47. The van der Waals surface area contributed by atoms with Crippen LogP contribution >= 0.6 is 0 Å². The number of carbonyl (C=O) groups is 2. The summed E-state index contributed by atoms with van der Waals surface area (Å²) in [6, 6.07) is 7.77. The first kappa shape index (κ1) is 13.2. The lowest BCUT2D eigenvalue weighted by molar-refractivity contribution is -0.116. The van der Waals surface area contributed by atoms with Gasteiger partial charge in [-0.15, -0.1) is 0 Å². The van der Waals surface area contributed by atoms with Gasteiger partial charge in [-0.25, -0.2) is 4.98 Å². The smallest absolute Gasteiger partial charge is 0.255 e. The van der Waals surface area contributed by atoms with Crippen LogP contribution in [0.1, 0.15) is 22.3 Å². The molecule has 1 aromatic carbocycles. The summed E-state index contributed by atoms with van der Waals surface area (Å²) in [5.74, 6) is -1.11. The van der Waals surface area contributed by atoms with Crippen molar-refractivity contribution in [2.24, 2.45) is 0 Å². The number of pyridine rings is 1. The molecule has 2 heterocycles. The largest absolute Gasteiger partial charge is 0.326 e. The lowest BCUT2D eigenvalue weighted by atomic mass is 10.0. The molecule has 0 unspecified atom stereocenters. The number of aryl methyl sites for hydroxylation is 1. The molecule has 21 heavy (non-hydrogen) atoms. The third-order valence-corrected chi connectivity index (χ3v) is 3.25. The summed E-state index contributed by atoms with van der Waals surface area (Å²) < 4.78 is 13.0. The molecular formula is C15H12FN3O2. The Balaban J connectivity index is 1.79. The number of fused-ring (bicyclic) bond motifs is 1. The van der Waals surface area contributed by atoms with Crippen LogP contribution in [-0.4, -0.2) is 16.8 Å². The number of carbonyl (C=O) groups excluding carboxylic acids is 2. The van der Waals surface area contributed by atoms with Crippen molar-refractivity contribution in [3.05, 3.63) is 53.6 Å². The molecule has 2 amide bonds. The van der Waals surface area contributed by atoms with Crippen molar-refractivity contribution >= 4 is 23.2 Å². The highest BCUT2D eigenvalue weighted by molar-refractivity contribution is 6.04. The van der Waals surface area contributed by atoms with Crippen LogP contribution in [0.5, 0.6) is 0 Å². The van der Waals surface area contributed by atoms with E-state index in [2.05, 4.69) is 15.6 Å². The molecule has 1 aromatic heterocycles. The van der Waals surface area contributed by atoms with Gasteiger partial charge in [-0.2, -0.15) is 4.39 Å². The average molecular weight is 285 g/mol. The predicted molar refractivity (Wildman–Crippen MR) is 75.5 cm³/mol. The molecule has 5 nitrogen and oxygen atoms in total. The van der Waals surface area contributed by atoms with E-state index < -0.39 is 11.9 Å². The summed E-state index contributed by atoms with van der Waals surface area (Å²) in [5, 5.41) is 5.47. The molecule has 3 rings (SSSR count). The summed E-state index contributed by atoms with van der Waals surface area (Å²) in [5.41, 5.74) is 2.54. The zero-order chi connectivity index (χ0) is 14.8. The van der Waals surface area contributed by atoms with E-state index in [1.807, 2.05) is 6.07 Å². The van der Waals surface area contributed by atoms with Gasteiger partial charge in [-0.1, -0.05) is 0 Å². The number of aromatic nitrogens is 1. The molecule has 0 spiro atoms. The highest BCUT2D eigenvalue weighted by Crippen LogP contribution is 2.25. The first-order valence-electron chi connectivity index (χ1n) is 6.47. The molecule has 1 aliphatic rings. The monoisotopic (exact) mass is 285 g/mol. The van der Waals surface area contributed by atoms with E-state index in [4.69, 9.17) is 0 Å². The van der Waals surface area contributed by atoms with Crippen LogP contribution in [0, 0.1) is 5.95 Å². The van der Waals surface area contributed by atoms with Crippen molar-refractivity contribution in [1.29, 1.82) is 0 Å². The molecule has 0 bridgehead atoms. The number of nitrogens with one attached hydrogen (secondary N) is 2. The number of benzene rings is 1. The minimum absolute atomic E-state index is 0.00783. The van der Waals surface area contributed by atoms with Gasteiger partial charge in [0, 0.05) is 35.6 Å². The van der Waals surface area contributed by atoms with E-state index in [0.29, 0.717) is 18.5 Å². The zero-order valence-corrected chi connectivity index (χ0v) is 11.0. The van der Waals surface area contributed by atoms with E-state index in [-0.39, 0.29) is 11.5 Å². The summed E-state index contributed by atoms with van der Waals surface area (Å²) in [6.07, 6.45) is 2.31. The van der Waals surface area contributed by atoms with Crippen molar-refractivity contribution in [2.45, 2.75) is 12.8 Å². The lowest BCUT2D eigenvalue weighted by Crippen LogP contribution is -2.19. The Kier molecular flexibility index (Phi) is 3.35. The number of hydrogen-bond donors (Lipinski definition) is 2. The van der Waals surface area contributed by atoms with Gasteiger partial charge >= 0.3 is 0 Å². The molecule has 0 fully saturated rings. The van der Waals surface area contributed by atoms with Crippen LogP contribution in [0.2, 0.25) is 0 Å². The summed E-state index contributed by atoms with van der Waals surface area (Å²) >= 11 is 0. The molecule has 6 heteroatoms. The number of anilines is 2. The first-order chi connectivity index (χ1) is 10.1. The number of rotatable bonds is 2. The van der Waals surface area contributed by atoms with Crippen LogP contribution in [0.15, 0.2) is 36.5 Å². The maximum Gasteiger partial charge on any atom is 0.255 e. The van der Waals surface area contributed by atoms with Gasteiger partial charge in [0.05, 0.1) is 0 Å². The third-order valence-electron chi connectivity index (χ3n) is 3.25. The molecule has 2 aromatic rings. The molecule has 1 aliphatic heterocycles. The van der Waals surface area contributed by atoms with Gasteiger partial charge in [0.2, 0.25) is 11.9 Å². The highest BCUT2D eigenvalue weighted by atomic mass is 19.1. The van der Waals surface area contributed by atoms with E-state index in [0.717, 1.165) is 17.3 Å². The van der Waals surface area contributed by atoms with Crippen LogP contribution < -0.4 is 10.6 Å². The second-order valence-electron chi connectivity index (χ2n) is 4.74. The zero-order valence-electron chi connectivity index (χ0n) is 11.0. The predicted octanol–water partition coefficient (Wildman–Crippen LogP) is 2.36. The molecule has 0 saturated heterocycles. The van der Waals surface area contributed by atoms with Crippen molar-refractivity contribution in [3.8, 4) is 0 Å². The second kappa shape index (κ2) is 5.32. The van der Waals surface area contributed by atoms with Crippen molar-refractivity contribution < 1.29 is 14.0 Å². The van der Waals surface area contributed by atoms with Crippen LogP contribution in [0.25, 0.3) is 0 Å². The van der Waals surface area contributed by atoms with Gasteiger partial charge in [-0.3, -0.25) is 9.59 Å². The van der Waals surface area contributed by atoms with E-state index in [1.54, 1.807) is 12.1 Å². The molecule has 0 atom stereocenters. The molecular weight excluding hydrogens is 273 g/mol. The van der Waals surface area contributed by atoms with Crippen LogP contribution in [0.3, 0.4) is 0 Å². The maximum atomic E-state index is 13.0. The molecule has 0 radical (unpaired) electrons. The lowest BCUT2D eigenvalue weighted by Gasteiger charge is -2.17. The Morgan fingerprint density at radius 3 is 2.90 bits per heavy atom. The van der Waals surface area contributed by atoms with Gasteiger partial charge in [0.1, 0.15) is 0 Å². The minimum Gasteiger partial charge on any atom is -0.326 e. The number of hydrogen-bond acceptors (Lipinski definition) is 3. The molecule has 0 saturated carbocycles. The topological polar surface area (TPSA) is 71.1 Å². The first-order valence-corrected chi connectivity index (χ1v) is 6.47. The Labute approximate surface area is 120 Å². The fourth-order valence-electron chi connectivity index (χ4n) is 2.21. The van der Waals surface area contributed by atoms with Gasteiger partial charge in [0.25, 0.3) is 5.91 Å². The SMILES string of the molecule is O=C1CCc2cc(NC(=O)c3ccnc(F)c3)ccc2N1. The minimum atomic E-state index is -0.698. The molecule has 2 N–H and O–H groups in total. The molecule has 106 valence electrons. The van der Waals surface area contributed by atoms with E-state index in [9.17, 15) is 14.0 Å². The van der Waals surface area contributed by atoms with Crippen molar-refractivity contribution in [1.82, 2.24) is 4.98 Å². The van der Waals surface area contributed by atoms with E-state index >= 15 is 0 Å². The Morgan fingerprint density at radius 1 is 1.24 bits per heavy atom. The molecule has 0 aliphatic carbocycles. The Hall–Kier alpha value is -2.76. The van der Waals surface area contributed by atoms with Crippen LogP contribution in [-0.2, 0) is 11.2 Å². The summed E-state index contributed by atoms with van der Waals surface area (Å²) in [6.45, 7) is 0. The van der Waals surface area contributed by atoms with Gasteiger partial charge in [-0.05, 0) is 36.2 Å². The quantitative estimate of drug-likeness (QED) is 0.832. The van der Waals surface area contributed by atoms with Crippen LogP contribution in [0.4, 0.5) is 15.8 Å². The van der Waals surface area contributed by atoms with E-state index in [1.165, 1.54) is 12.3 Å². The number of nitrogens with zero attached hydrogens (tertiary/aromatic N) is 1. The second-order valence-corrected chi connectivity index (χ2v) is 4.74. The summed E-state index contributed by atoms with van der Waals surface area (Å²) in [7, 11) is 0. The van der Waals surface area contributed by atoms with Gasteiger partial charge in [0.15, 0.2) is 0 Å². The van der Waals surface area contributed by atoms with Crippen molar-refractivity contribution in [3.63, 3.8) is 0 Å². The van der Waals surface area contributed by atoms with Gasteiger partial charge < -0.3 is 10.6 Å². The summed E-state index contributed by atoms with van der Waals surface area (Å²) in [4.78, 5) is 26.7.